The number of aliphatic carboxylic acids is 1. The highest BCUT2D eigenvalue weighted by atomic mass is 35.5. The summed E-state index contributed by atoms with van der Waals surface area (Å²) in [6.45, 7) is 0. The average molecular weight is 335 g/mol. The summed E-state index contributed by atoms with van der Waals surface area (Å²) in [5.41, 5.74) is 5.00. The molecule has 1 aromatic carbocycles. The van der Waals surface area contributed by atoms with E-state index in [1.54, 1.807) is 12.1 Å². The van der Waals surface area contributed by atoms with Gasteiger partial charge < -0.3 is 5.11 Å². The van der Waals surface area contributed by atoms with Gasteiger partial charge in [-0.05, 0) is 42.5 Å². The van der Waals surface area contributed by atoms with Gasteiger partial charge >= 0.3 is 5.97 Å². The molecule has 1 fully saturated rings. The summed E-state index contributed by atoms with van der Waals surface area (Å²) in [6, 6.07) is 6.20. The van der Waals surface area contributed by atoms with Crippen LogP contribution in [0.25, 0.3) is 0 Å². The summed E-state index contributed by atoms with van der Waals surface area (Å²) in [7, 11) is 0. The van der Waals surface area contributed by atoms with E-state index >= 15 is 0 Å². The number of rotatable bonds is 3. The van der Waals surface area contributed by atoms with E-state index in [2.05, 4.69) is 10.9 Å². The number of carbonyl (C=O) groups is 3. The number of allylic oxidation sites excluding steroid dienone is 2. The van der Waals surface area contributed by atoms with Gasteiger partial charge in [-0.3, -0.25) is 25.2 Å². The molecule has 2 bridgehead atoms. The summed E-state index contributed by atoms with van der Waals surface area (Å²) in [5.74, 6) is -3.54. The minimum atomic E-state index is -0.981. The zero-order valence-electron chi connectivity index (χ0n) is 12.0. The summed E-state index contributed by atoms with van der Waals surface area (Å²) >= 11 is 5.75. The zero-order chi connectivity index (χ0) is 16.6. The Kier molecular flexibility index (Phi) is 4.09. The Morgan fingerprint density at radius 2 is 1.61 bits per heavy atom. The van der Waals surface area contributed by atoms with Gasteiger partial charge in [-0.1, -0.05) is 23.8 Å². The van der Waals surface area contributed by atoms with Crippen LogP contribution < -0.4 is 10.9 Å². The number of carboxylic acids is 1. The highest BCUT2D eigenvalue weighted by Crippen LogP contribution is 2.48. The van der Waals surface area contributed by atoms with Crippen LogP contribution in [0.2, 0.25) is 5.02 Å². The molecular formula is C16H15ClN2O4. The maximum atomic E-state index is 12.3. The van der Waals surface area contributed by atoms with E-state index in [9.17, 15) is 19.5 Å². The molecule has 1 aromatic rings. The smallest absolute Gasteiger partial charge is 0.307 e. The van der Waals surface area contributed by atoms with Crippen LogP contribution in [0.1, 0.15) is 16.8 Å². The Hall–Kier alpha value is -2.34. The van der Waals surface area contributed by atoms with Crippen molar-refractivity contribution < 1.29 is 19.5 Å². The van der Waals surface area contributed by atoms with Crippen molar-refractivity contribution in [2.45, 2.75) is 6.42 Å². The van der Waals surface area contributed by atoms with Crippen molar-refractivity contribution in [2.75, 3.05) is 0 Å². The molecule has 6 nitrogen and oxygen atoms in total. The number of hydrazine groups is 1. The lowest BCUT2D eigenvalue weighted by molar-refractivity contribution is -0.148. The fourth-order valence-electron chi connectivity index (χ4n) is 3.39. The van der Waals surface area contributed by atoms with Crippen LogP contribution in [0.15, 0.2) is 36.4 Å². The first-order chi connectivity index (χ1) is 11.0. The fraction of sp³-hybridized carbons (Fsp3) is 0.312. The van der Waals surface area contributed by atoms with Gasteiger partial charge in [0.15, 0.2) is 0 Å². The molecule has 23 heavy (non-hydrogen) atoms. The van der Waals surface area contributed by atoms with E-state index < -0.39 is 29.6 Å². The second-order valence-corrected chi connectivity index (χ2v) is 6.22. The number of halogens is 1. The van der Waals surface area contributed by atoms with Gasteiger partial charge in [0, 0.05) is 10.6 Å². The largest absolute Gasteiger partial charge is 0.481 e. The Labute approximate surface area is 137 Å². The number of benzene rings is 1. The normalized spacial score (nSPS) is 27.7. The van der Waals surface area contributed by atoms with Crippen molar-refractivity contribution in [1.29, 1.82) is 0 Å². The van der Waals surface area contributed by atoms with Crippen molar-refractivity contribution in [3.63, 3.8) is 0 Å². The molecule has 0 saturated heterocycles. The Morgan fingerprint density at radius 1 is 1.00 bits per heavy atom. The Morgan fingerprint density at radius 3 is 2.22 bits per heavy atom. The number of carboxylic acid groups (broad SMARTS) is 1. The number of hydrogen-bond acceptors (Lipinski definition) is 3. The lowest BCUT2D eigenvalue weighted by atomic mass is 9.82. The quantitative estimate of drug-likeness (QED) is 0.578. The molecule has 0 aliphatic heterocycles. The first-order valence-corrected chi connectivity index (χ1v) is 7.62. The lowest BCUT2D eigenvalue weighted by Gasteiger charge is -2.23. The van der Waals surface area contributed by atoms with Gasteiger partial charge in [0.1, 0.15) is 0 Å². The second-order valence-electron chi connectivity index (χ2n) is 5.79. The maximum Gasteiger partial charge on any atom is 0.307 e. The second kappa shape index (κ2) is 6.04. The molecule has 3 N–H and O–H groups in total. The molecule has 4 atom stereocenters. The molecular weight excluding hydrogens is 320 g/mol. The van der Waals surface area contributed by atoms with E-state index in [4.69, 9.17) is 11.6 Å². The predicted molar refractivity (Wildman–Crippen MR) is 82.4 cm³/mol. The molecule has 2 aliphatic carbocycles. The van der Waals surface area contributed by atoms with Crippen molar-refractivity contribution in [1.82, 2.24) is 10.9 Å². The van der Waals surface area contributed by atoms with Gasteiger partial charge in [-0.15, -0.1) is 0 Å². The molecule has 0 heterocycles. The van der Waals surface area contributed by atoms with E-state index in [1.807, 2.05) is 12.2 Å². The summed E-state index contributed by atoms with van der Waals surface area (Å²) in [5, 5.41) is 9.83. The molecule has 0 aromatic heterocycles. The third-order valence-electron chi connectivity index (χ3n) is 4.45. The first-order valence-electron chi connectivity index (χ1n) is 7.24. The van der Waals surface area contributed by atoms with Crippen LogP contribution in [0.4, 0.5) is 0 Å². The van der Waals surface area contributed by atoms with Gasteiger partial charge in [0.25, 0.3) is 5.91 Å². The van der Waals surface area contributed by atoms with Crippen molar-refractivity contribution in [2.24, 2.45) is 23.7 Å². The standard InChI is InChI=1S/C16H15ClN2O4/c17-11-5-3-8(4-6-11)14(20)18-19-15(21)12-9-1-2-10(7-9)13(12)16(22)23/h1-6,9-10,12-13H,7H2,(H,18,20)(H,19,21)(H,22,23)/t9-,10-,12+,13-/m0/s1. The fourth-order valence-corrected chi connectivity index (χ4v) is 3.52. The Bertz CT molecular complexity index is 686. The summed E-state index contributed by atoms with van der Waals surface area (Å²) < 4.78 is 0. The van der Waals surface area contributed by atoms with Crippen LogP contribution in [0.3, 0.4) is 0 Å². The third kappa shape index (κ3) is 2.94. The van der Waals surface area contributed by atoms with Gasteiger partial charge in [0.2, 0.25) is 5.91 Å². The molecule has 1 saturated carbocycles. The van der Waals surface area contributed by atoms with Crippen LogP contribution in [-0.2, 0) is 9.59 Å². The minimum Gasteiger partial charge on any atom is -0.481 e. The third-order valence-corrected chi connectivity index (χ3v) is 4.70. The average Bonchev–Trinajstić information content (AvgIpc) is 3.13. The van der Waals surface area contributed by atoms with Crippen molar-refractivity contribution >= 4 is 29.4 Å². The van der Waals surface area contributed by atoms with Crippen LogP contribution >= 0.6 is 11.6 Å². The zero-order valence-corrected chi connectivity index (χ0v) is 12.8. The van der Waals surface area contributed by atoms with E-state index in [0.29, 0.717) is 17.0 Å². The van der Waals surface area contributed by atoms with Crippen LogP contribution in [0.5, 0.6) is 0 Å². The topological polar surface area (TPSA) is 95.5 Å². The number of nitrogens with one attached hydrogen (secondary N) is 2. The molecule has 7 heteroatoms. The number of carbonyl (C=O) groups excluding carboxylic acids is 2. The number of hydrogen-bond donors (Lipinski definition) is 3. The monoisotopic (exact) mass is 334 g/mol. The van der Waals surface area contributed by atoms with E-state index in [0.717, 1.165) is 0 Å². The van der Waals surface area contributed by atoms with Gasteiger partial charge in [-0.2, -0.15) is 0 Å². The molecule has 0 unspecified atom stereocenters. The van der Waals surface area contributed by atoms with Crippen LogP contribution in [0, 0.1) is 23.7 Å². The van der Waals surface area contributed by atoms with Gasteiger partial charge in [-0.25, -0.2) is 0 Å². The molecule has 120 valence electrons. The maximum absolute atomic E-state index is 12.3. The molecule has 2 aliphatic rings. The minimum absolute atomic E-state index is 0.0893. The highest BCUT2D eigenvalue weighted by molar-refractivity contribution is 6.30. The number of fused-ring (bicyclic) bond motifs is 2. The predicted octanol–water partition coefficient (Wildman–Crippen LogP) is 1.62. The van der Waals surface area contributed by atoms with E-state index in [-0.39, 0.29) is 11.8 Å². The molecule has 0 radical (unpaired) electrons. The van der Waals surface area contributed by atoms with Gasteiger partial charge in [0.05, 0.1) is 11.8 Å². The summed E-state index contributed by atoms with van der Waals surface area (Å²) in [6.07, 6.45) is 4.41. The Balaban J connectivity index is 1.63. The van der Waals surface area contributed by atoms with Crippen molar-refractivity contribution in [3.05, 3.63) is 47.0 Å². The van der Waals surface area contributed by atoms with E-state index in [1.165, 1.54) is 12.1 Å². The first kappa shape index (κ1) is 15.6. The summed E-state index contributed by atoms with van der Waals surface area (Å²) in [4.78, 5) is 35.6. The molecule has 3 rings (SSSR count). The lowest BCUT2D eigenvalue weighted by Crippen LogP contribution is -2.48. The molecule has 2 amide bonds. The van der Waals surface area contributed by atoms with Crippen LogP contribution in [-0.4, -0.2) is 22.9 Å². The SMILES string of the molecule is O=C(NNC(=O)[C@H]1[C@@H](C(=O)O)[C@H]2C=C[C@H]1C2)c1ccc(Cl)cc1. The number of amides is 2. The highest BCUT2D eigenvalue weighted by Gasteiger charge is 2.51. The van der Waals surface area contributed by atoms with Crippen molar-refractivity contribution in [3.8, 4) is 0 Å². The molecule has 0 spiro atoms.